The van der Waals surface area contributed by atoms with Crippen LogP contribution in [0.25, 0.3) is 10.9 Å². The Bertz CT molecular complexity index is 1640. The number of benzene rings is 3. The predicted molar refractivity (Wildman–Crippen MR) is 154 cm³/mol. The molecule has 1 aliphatic heterocycles. The third kappa shape index (κ3) is 6.25. The zero-order valence-electron chi connectivity index (χ0n) is 20.7. The number of aromatic amines is 1. The molecule has 1 aliphatic rings. The van der Waals surface area contributed by atoms with E-state index >= 15 is 0 Å². The van der Waals surface area contributed by atoms with Crippen LogP contribution in [0, 0.1) is 5.82 Å². The number of hydrogen-bond acceptors (Lipinski definition) is 5. The van der Waals surface area contributed by atoms with Crippen molar-refractivity contribution in [2.75, 3.05) is 12.8 Å². The molecule has 39 heavy (non-hydrogen) atoms. The van der Waals surface area contributed by atoms with Gasteiger partial charge in [0, 0.05) is 34.3 Å². The van der Waals surface area contributed by atoms with E-state index in [4.69, 9.17) is 11.6 Å². The molecule has 2 heterocycles. The number of pyridine rings is 1. The molecule has 6 nitrogen and oxygen atoms in total. The van der Waals surface area contributed by atoms with Crippen molar-refractivity contribution in [2.45, 2.75) is 49.1 Å². The SMILES string of the molecule is C.CS(=O)(=O)c1ccc2[nH]c(=O)c(C(c3ccc(Cl)cc3)C3(O)CCNC(Cc4ccc(F)cc4)C3)cc2c1. The zero-order valence-corrected chi connectivity index (χ0v) is 22.3. The van der Waals surface area contributed by atoms with Crippen LogP contribution in [-0.2, 0) is 16.3 Å². The number of hydrogen-bond donors (Lipinski definition) is 3. The number of fused-ring (bicyclic) bond motifs is 1. The van der Waals surface area contributed by atoms with Crippen molar-refractivity contribution >= 4 is 32.3 Å². The van der Waals surface area contributed by atoms with E-state index in [1.807, 2.05) is 0 Å². The predicted octanol–water partition coefficient (Wildman–Crippen LogP) is 5.22. The van der Waals surface area contributed by atoms with Crippen molar-refractivity contribution in [3.05, 3.63) is 111 Å². The van der Waals surface area contributed by atoms with Crippen molar-refractivity contribution in [1.29, 1.82) is 0 Å². The van der Waals surface area contributed by atoms with E-state index in [2.05, 4.69) is 10.3 Å². The smallest absolute Gasteiger partial charge is 0.252 e. The summed E-state index contributed by atoms with van der Waals surface area (Å²) in [6, 6.07) is 19.5. The Kier molecular flexibility index (Phi) is 8.33. The highest BCUT2D eigenvalue weighted by atomic mass is 35.5. The van der Waals surface area contributed by atoms with Crippen LogP contribution in [0.1, 0.15) is 42.9 Å². The Hall–Kier alpha value is -3.04. The first kappa shape index (κ1) is 29.0. The van der Waals surface area contributed by atoms with Gasteiger partial charge < -0.3 is 15.4 Å². The number of aliphatic hydroxyl groups is 1. The second-order valence-corrected chi connectivity index (χ2v) is 12.6. The van der Waals surface area contributed by atoms with Gasteiger partial charge in [-0.3, -0.25) is 4.79 Å². The van der Waals surface area contributed by atoms with Gasteiger partial charge in [0.05, 0.1) is 10.5 Å². The van der Waals surface area contributed by atoms with E-state index in [0.717, 1.165) is 17.4 Å². The number of rotatable bonds is 6. The largest absolute Gasteiger partial charge is 0.389 e. The monoisotopic (exact) mass is 570 g/mol. The maximum absolute atomic E-state index is 13.4. The van der Waals surface area contributed by atoms with E-state index in [-0.39, 0.29) is 29.7 Å². The van der Waals surface area contributed by atoms with E-state index in [0.29, 0.717) is 47.3 Å². The molecule has 4 aromatic rings. The topological polar surface area (TPSA) is 99.3 Å². The van der Waals surface area contributed by atoms with Crippen LogP contribution < -0.4 is 10.9 Å². The molecule has 0 amide bonds. The van der Waals surface area contributed by atoms with E-state index in [9.17, 15) is 22.7 Å². The molecule has 0 saturated carbocycles. The van der Waals surface area contributed by atoms with Crippen LogP contribution in [0.15, 0.2) is 82.5 Å². The minimum absolute atomic E-state index is 0. The number of halogens is 2. The number of aromatic nitrogens is 1. The lowest BCUT2D eigenvalue weighted by atomic mass is 9.70. The van der Waals surface area contributed by atoms with Crippen LogP contribution >= 0.6 is 11.6 Å². The van der Waals surface area contributed by atoms with Gasteiger partial charge in [-0.2, -0.15) is 0 Å². The van der Waals surface area contributed by atoms with Gasteiger partial charge in [0.1, 0.15) is 5.82 Å². The third-order valence-electron chi connectivity index (χ3n) is 7.31. The van der Waals surface area contributed by atoms with Crippen LogP contribution in [0.4, 0.5) is 4.39 Å². The maximum Gasteiger partial charge on any atom is 0.252 e. The molecule has 0 radical (unpaired) electrons. The van der Waals surface area contributed by atoms with Gasteiger partial charge in [-0.1, -0.05) is 43.3 Å². The van der Waals surface area contributed by atoms with Gasteiger partial charge in [-0.25, -0.2) is 12.8 Å². The Balaban J connectivity index is 0.00000353. The van der Waals surface area contributed by atoms with E-state index in [1.54, 1.807) is 48.5 Å². The van der Waals surface area contributed by atoms with Gasteiger partial charge in [0.15, 0.2) is 9.84 Å². The summed E-state index contributed by atoms with van der Waals surface area (Å²) in [6.45, 7) is 0.524. The highest BCUT2D eigenvalue weighted by Crippen LogP contribution is 2.41. The second-order valence-electron chi connectivity index (χ2n) is 10.1. The quantitative estimate of drug-likeness (QED) is 0.295. The molecule has 1 fully saturated rings. The number of nitrogens with one attached hydrogen (secondary N) is 2. The van der Waals surface area contributed by atoms with E-state index < -0.39 is 21.4 Å². The molecule has 3 N–H and O–H groups in total. The summed E-state index contributed by atoms with van der Waals surface area (Å²) in [5, 5.41) is 16.7. The van der Waals surface area contributed by atoms with E-state index in [1.165, 1.54) is 24.3 Å². The van der Waals surface area contributed by atoms with Crippen molar-refractivity contribution in [3.63, 3.8) is 0 Å². The second kappa shape index (κ2) is 11.2. The zero-order chi connectivity index (χ0) is 27.1. The van der Waals surface area contributed by atoms with Crippen molar-refractivity contribution in [3.8, 4) is 0 Å². The minimum Gasteiger partial charge on any atom is -0.389 e. The molecule has 3 aromatic carbocycles. The summed E-state index contributed by atoms with van der Waals surface area (Å²) >= 11 is 6.15. The lowest BCUT2D eigenvalue weighted by Crippen LogP contribution is -2.52. The van der Waals surface area contributed by atoms with Crippen molar-refractivity contribution in [1.82, 2.24) is 10.3 Å². The van der Waals surface area contributed by atoms with Gasteiger partial charge in [0.25, 0.3) is 5.56 Å². The fourth-order valence-electron chi connectivity index (χ4n) is 5.49. The van der Waals surface area contributed by atoms with Crippen LogP contribution in [0.3, 0.4) is 0 Å². The molecule has 3 unspecified atom stereocenters. The maximum atomic E-state index is 13.4. The molecular weight excluding hydrogens is 539 g/mol. The molecule has 5 rings (SSSR count). The molecule has 206 valence electrons. The summed E-state index contributed by atoms with van der Waals surface area (Å²) in [4.78, 5) is 16.4. The number of H-pyrrole nitrogens is 1. The summed E-state index contributed by atoms with van der Waals surface area (Å²) in [5.41, 5.74) is 0.866. The van der Waals surface area contributed by atoms with Crippen molar-refractivity contribution in [2.24, 2.45) is 0 Å². The number of piperidine rings is 1. The van der Waals surface area contributed by atoms with Crippen LogP contribution in [0.2, 0.25) is 5.02 Å². The summed E-state index contributed by atoms with van der Waals surface area (Å²) in [6.07, 6.45) is 2.46. The minimum atomic E-state index is -3.45. The van der Waals surface area contributed by atoms with Crippen LogP contribution in [-0.4, -0.2) is 43.0 Å². The lowest BCUT2D eigenvalue weighted by molar-refractivity contribution is -0.0188. The van der Waals surface area contributed by atoms with Gasteiger partial charge in [-0.15, -0.1) is 0 Å². The highest BCUT2D eigenvalue weighted by molar-refractivity contribution is 7.90. The van der Waals surface area contributed by atoms with Crippen molar-refractivity contribution < 1.29 is 17.9 Å². The van der Waals surface area contributed by atoms with Gasteiger partial charge in [0.2, 0.25) is 0 Å². The average Bonchev–Trinajstić information content (AvgIpc) is 2.86. The summed E-state index contributed by atoms with van der Waals surface area (Å²) in [5.74, 6) is -1.01. The third-order valence-corrected chi connectivity index (χ3v) is 8.67. The molecule has 0 spiro atoms. The fourth-order valence-corrected chi connectivity index (χ4v) is 6.27. The lowest BCUT2D eigenvalue weighted by Gasteiger charge is -2.43. The molecule has 0 bridgehead atoms. The fraction of sp³-hybridized carbons (Fsp3) is 0.300. The summed E-state index contributed by atoms with van der Waals surface area (Å²) < 4.78 is 37.7. The standard InChI is InChI=1S/C29H28ClFN2O4S.CH4/c1-38(36,37)24-10-11-26-20(15-24)16-25(28(34)33-26)27(19-4-6-21(30)7-5-19)29(35)12-13-32-23(17-29)14-18-2-8-22(31)9-3-18;/h2-11,15-16,23,27,32,35H,12-14,17H2,1H3,(H,33,34);1H4. The first-order chi connectivity index (χ1) is 18.0. The van der Waals surface area contributed by atoms with Crippen LogP contribution in [0.5, 0.6) is 0 Å². The summed E-state index contributed by atoms with van der Waals surface area (Å²) in [7, 11) is -3.45. The molecule has 3 atom stereocenters. The normalized spacial score (nSPS) is 20.4. The molecule has 9 heteroatoms. The first-order valence-electron chi connectivity index (χ1n) is 12.3. The Morgan fingerprint density at radius 3 is 2.44 bits per heavy atom. The average molecular weight is 571 g/mol. The molecular formula is C30H32ClFN2O4S. The Morgan fingerprint density at radius 2 is 1.77 bits per heavy atom. The Labute approximate surface area is 232 Å². The molecule has 1 aromatic heterocycles. The first-order valence-corrected chi connectivity index (χ1v) is 14.6. The number of sulfone groups is 1. The highest BCUT2D eigenvalue weighted by Gasteiger charge is 2.43. The Morgan fingerprint density at radius 1 is 1.08 bits per heavy atom. The molecule has 1 saturated heterocycles. The molecule has 0 aliphatic carbocycles. The van der Waals surface area contributed by atoms with Gasteiger partial charge >= 0.3 is 0 Å². The van der Waals surface area contributed by atoms with Gasteiger partial charge in [-0.05, 0) is 90.9 Å².